The molecule has 0 radical (unpaired) electrons. The van der Waals surface area contributed by atoms with E-state index in [1.54, 1.807) is 0 Å². The first-order valence-electron chi connectivity index (χ1n) is 4.94. The molecule has 0 spiro atoms. The summed E-state index contributed by atoms with van der Waals surface area (Å²) in [5.74, 6) is 0.0206. The highest BCUT2D eigenvalue weighted by molar-refractivity contribution is 9.10. The van der Waals surface area contributed by atoms with E-state index < -0.39 is 0 Å². The Morgan fingerprint density at radius 1 is 1.41 bits per heavy atom. The van der Waals surface area contributed by atoms with Gasteiger partial charge in [-0.25, -0.2) is 0 Å². The van der Waals surface area contributed by atoms with Crippen LogP contribution in [-0.4, -0.2) is 16.1 Å². The number of aromatic amines is 1. The molecule has 2 aromatic rings. The van der Waals surface area contributed by atoms with Crippen LogP contribution < -0.4 is 11.1 Å². The third kappa shape index (κ3) is 2.85. The third-order valence-electron chi connectivity index (χ3n) is 2.14. The van der Waals surface area contributed by atoms with Gasteiger partial charge >= 0.3 is 0 Å². The Morgan fingerprint density at radius 3 is 2.76 bits per heavy atom. The van der Waals surface area contributed by atoms with Crippen LogP contribution in [0.4, 0.5) is 11.5 Å². The monoisotopic (exact) mass is 294 g/mol. The molecule has 5 nitrogen and oxygen atoms in total. The molecule has 0 saturated carbocycles. The molecule has 2 rings (SSSR count). The van der Waals surface area contributed by atoms with Crippen molar-refractivity contribution >= 4 is 33.3 Å². The van der Waals surface area contributed by atoms with Crippen molar-refractivity contribution < 1.29 is 4.79 Å². The molecule has 0 atom stereocenters. The molecule has 4 N–H and O–H groups in total. The van der Waals surface area contributed by atoms with Crippen LogP contribution in [0.25, 0.3) is 0 Å². The Morgan fingerprint density at radius 2 is 2.18 bits per heavy atom. The van der Waals surface area contributed by atoms with E-state index in [1.807, 2.05) is 25.1 Å². The number of aromatic nitrogens is 2. The van der Waals surface area contributed by atoms with Crippen LogP contribution in [0.3, 0.4) is 0 Å². The first kappa shape index (κ1) is 11.7. The largest absolute Gasteiger partial charge is 0.382 e. The van der Waals surface area contributed by atoms with Crippen LogP contribution in [-0.2, 0) is 0 Å². The normalized spacial score (nSPS) is 10.2. The van der Waals surface area contributed by atoms with Crippen LogP contribution in [0.2, 0.25) is 0 Å². The quantitative estimate of drug-likeness (QED) is 0.795. The molecule has 0 saturated heterocycles. The number of nitrogen functional groups attached to an aromatic ring is 1. The van der Waals surface area contributed by atoms with Gasteiger partial charge in [0.05, 0.1) is 0 Å². The first-order chi connectivity index (χ1) is 8.04. The molecule has 0 unspecified atom stereocenters. The van der Waals surface area contributed by atoms with E-state index in [1.165, 1.54) is 6.07 Å². The predicted octanol–water partition coefficient (Wildman–Crippen LogP) is 2.32. The van der Waals surface area contributed by atoms with E-state index in [4.69, 9.17) is 5.73 Å². The van der Waals surface area contributed by atoms with Crippen molar-refractivity contribution in [2.75, 3.05) is 11.1 Å². The van der Waals surface area contributed by atoms with Crippen LogP contribution in [0.5, 0.6) is 0 Å². The number of aryl methyl sites for hydroxylation is 1. The minimum atomic E-state index is -0.272. The number of anilines is 2. The fraction of sp³-hybridized carbons (Fsp3) is 0.0909. The Labute approximate surface area is 107 Å². The summed E-state index contributed by atoms with van der Waals surface area (Å²) >= 11 is 3.37. The van der Waals surface area contributed by atoms with Gasteiger partial charge in [-0.1, -0.05) is 15.9 Å². The average molecular weight is 295 g/mol. The Bertz CT molecular complexity index is 544. The second-order valence-electron chi connectivity index (χ2n) is 3.68. The van der Waals surface area contributed by atoms with Gasteiger partial charge in [0, 0.05) is 16.2 Å². The molecule has 88 valence electrons. The first-order valence-corrected chi connectivity index (χ1v) is 5.73. The zero-order chi connectivity index (χ0) is 12.4. The number of carbonyl (C=O) groups is 1. The fourth-order valence-corrected chi connectivity index (χ4v) is 2.07. The van der Waals surface area contributed by atoms with Gasteiger partial charge in [0.1, 0.15) is 11.5 Å². The Balaban J connectivity index is 2.18. The lowest BCUT2D eigenvalue weighted by Crippen LogP contribution is -2.12. The van der Waals surface area contributed by atoms with Crippen molar-refractivity contribution in [3.05, 3.63) is 40.0 Å². The number of hydrogen-bond acceptors (Lipinski definition) is 3. The van der Waals surface area contributed by atoms with Crippen molar-refractivity contribution in [2.24, 2.45) is 0 Å². The van der Waals surface area contributed by atoms with Gasteiger partial charge in [0.2, 0.25) is 0 Å². The van der Waals surface area contributed by atoms with Gasteiger partial charge in [-0.15, -0.1) is 0 Å². The number of halogens is 1. The van der Waals surface area contributed by atoms with Crippen molar-refractivity contribution in [3.63, 3.8) is 0 Å². The van der Waals surface area contributed by atoms with E-state index in [0.717, 1.165) is 15.7 Å². The van der Waals surface area contributed by atoms with Crippen LogP contribution in [0, 0.1) is 6.92 Å². The van der Waals surface area contributed by atoms with E-state index in [0.29, 0.717) is 11.5 Å². The van der Waals surface area contributed by atoms with Gasteiger partial charge in [0.15, 0.2) is 0 Å². The number of benzene rings is 1. The summed E-state index contributed by atoms with van der Waals surface area (Å²) in [6.07, 6.45) is 0. The topological polar surface area (TPSA) is 83.8 Å². The Hall–Kier alpha value is -1.82. The molecular weight excluding hydrogens is 284 g/mol. The highest BCUT2D eigenvalue weighted by Gasteiger charge is 2.09. The third-order valence-corrected chi connectivity index (χ3v) is 2.60. The highest BCUT2D eigenvalue weighted by Crippen LogP contribution is 2.19. The number of nitrogens with one attached hydrogen (secondary N) is 2. The van der Waals surface area contributed by atoms with Gasteiger partial charge in [-0.2, -0.15) is 5.10 Å². The molecule has 0 fully saturated rings. The maximum atomic E-state index is 11.8. The molecule has 17 heavy (non-hydrogen) atoms. The molecule has 6 heteroatoms. The number of nitrogens with zero attached hydrogens (tertiary/aromatic N) is 1. The van der Waals surface area contributed by atoms with Crippen molar-refractivity contribution in [2.45, 2.75) is 6.92 Å². The number of nitrogens with two attached hydrogens (primary N) is 1. The maximum absolute atomic E-state index is 11.8. The molecule has 0 bridgehead atoms. The number of rotatable bonds is 2. The second-order valence-corrected chi connectivity index (χ2v) is 4.59. The molecule has 0 aliphatic rings. The Kier molecular flexibility index (Phi) is 3.14. The molecule has 0 aliphatic carbocycles. The van der Waals surface area contributed by atoms with Gasteiger partial charge in [0.25, 0.3) is 5.91 Å². The standard InChI is InChI=1S/C11H11BrN4O/c1-6-2-7(12)4-8(3-6)14-11(17)9-5-10(13)16-15-9/h2-5H,1H3,(H,14,17)(H3,13,15,16). The van der Waals surface area contributed by atoms with Gasteiger partial charge in [-0.3, -0.25) is 9.89 Å². The van der Waals surface area contributed by atoms with E-state index in [2.05, 4.69) is 31.4 Å². The molecule has 1 aromatic heterocycles. The zero-order valence-electron chi connectivity index (χ0n) is 9.12. The summed E-state index contributed by atoms with van der Waals surface area (Å²) in [7, 11) is 0. The van der Waals surface area contributed by atoms with Crippen molar-refractivity contribution in [1.29, 1.82) is 0 Å². The van der Waals surface area contributed by atoms with Gasteiger partial charge in [-0.05, 0) is 30.7 Å². The summed E-state index contributed by atoms with van der Waals surface area (Å²) in [5.41, 5.74) is 7.53. The smallest absolute Gasteiger partial charge is 0.273 e. The summed E-state index contributed by atoms with van der Waals surface area (Å²) < 4.78 is 0.914. The summed E-state index contributed by atoms with van der Waals surface area (Å²) in [6.45, 7) is 1.95. The average Bonchev–Trinajstić information content (AvgIpc) is 2.63. The predicted molar refractivity (Wildman–Crippen MR) is 69.8 cm³/mol. The minimum absolute atomic E-state index is 0.272. The molecular formula is C11H11BrN4O. The van der Waals surface area contributed by atoms with Crippen LogP contribution in [0.15, 0.2) is 28.7 Å². The molecule has 0 aliphatic heterocycles. The summed E-state index contributed by atoms with van der Waals surface area (Å²) in [5, 5.41) is 9.01. The van der Waals surface area contributed by atoms with Crippen molar-refractivity contribution in [1.82, 2.24) is 10.2 Å². The maximum Gasteiger partial charge on any atom is 0.273 e. The fourth-order valence-electron chi connectivity index (χ4n) is 1.46. The molecule has 1 heterocycles. The summed E-state index contributed by atoms with van der Waals surface area (Å²) in [4.78, 5) is 11.8. The van der Waals surface area contributed by atoms with Crippen LogP contribution in [0.1, 0.15) is 16.1 Å². The SMILES string of the molecule is Cc1cc(Br)cc(NC(=O)c2cc(N)n[nH]2)c1. The van der Waals surface area contributed by atoms with E-state index >= 15 is 0 Å². The van der Waals surface area contributed by atoms with Crippen LogP contribution >= 0.6 is 15.9 Å². The number of hydrogen-bond donors (Lipinski definition) is 3. The minimum Gasteiger partial charge on any atom is -0.382 e. The lowest BCUT2D eigenvalue weighted by atomic mass is 10.2. The number of amides is 1. The zero-order valence-corrected chi connectivity index (χ0v) is 10.7. The van der Waals surface area contributed by atoms with E-state index in [-0.39, 0.29) is 5.91 Å². The summed E-state index contributed by atoms with van der Waals surface area (Å²) in [6, 6.07) is 7.15. The number of carbonyl (C=O) groups excluding carboxylic acids is 1. The second kappa shape index (κ2) is 4.58. The van der Waals surface area contributed by atoms with E-state index in [9.17, 15) is 4.79 Å². The molecule has 1 aromatic carbocycles. The lowest BCUT2D eigenvalue weighted by molar-refractivity contribution is 0.102. The van der Waals surface area contributed by atoms with Gasteiger partial charge < -0.3 is 11.1 Å². The van der Waals surface area contributed by atoms with Crippen molar-refractivity contribution in [3.8, 4) is 0 Å². The number of H-pyrrole nitrogens is 1. The highest BCUT2D eigenvalue weighted by atomic mass is 79.9. The lowest BCUT2D eigenvalue weighted by Gasteiger charge is -2.05. The molecule has 1 amide bonds.